The summed E-state index contributed by atoms with van der Waals surface area (Å²) in [5, 5.41) is 3.11. The molecule has 1 aliphatic rings. The van der Waals surface area contributed by atoms with Crippen LogP contribution in [0.25, 0.3) is 0 Å². The molecule has 0 spiro atoms. The quantitative estimate of drug-likeness (QED) is 0.713. The molecule has 3 rings (SSSR count). The van der Waals surface area contributed by atoms with Gasteiger partial charge in [0.05, 0.1) is 11.8 Å². The molecule has 1 N–H and O–H groups in total. The van der Waals surface area contributed by atoms with E-state index in [1.807, 2.05) is 7.05 Å². The van der Waals surface area contributed by atoms with Gasteiger partial charge in [0.1, 0.15) is 0 Å². The summed E-state index contributed by atoms with van der Waals surface area (Å²) in [6, 6.07) is 13.1. The second-order valence-electron chi connectivity index (χ2n) is 8.45. The van der Waals surface area contributed by atoms with Gasteiger partial charge >= 0.3 is 0 Å². The maximum Gasteiger partial charge on any atom is 0.251 e. The number of likely N-dealkylation sites (N-methyl/N-ethyl adjacent to an activating group) is 1. The molecule has 1 fully saturated rings. The molecule has 6 nitrogen and oxygen atoms in total. The third-order valence-electron chi connectivity index (χ3n) is 5.94. The number of hydrogen-bond donors (Lipinski definition) is 1. The molecular weight excluding hydrogens is 410 g/mol. The van der Waals surface area contributed by atoms with E-state index in [4.69, 9.17) is 0 Å². The van der Waals surface area contributed by atoms with Crippen LogP contribution in [0.3, 0.4) is 0 Å². The van der Waals surface area contributed by atoms with Crippen LogP contribution in [0, 0.1) is 13.8 Å². The van der Waals surface area contributed by atoms with Gasteiger partial charge in [0.15, 0.2) is 0 Å². The zero-order chi connectivity index (χ0) is 22.6. The van der Waals surface area contributed by atoms with Crippen molar-refractivity contribution in [2.45, 2.75) is 39.0 Å². The van der Waals surface area contributed by atoms with E-state index in [9.17, 15) is 13.2 Å². The molecule has 1 heterocycles. The van der Waals surface area contributed by atoms with Crippen LogP contribution in [0.15, 0.2) is 42.5 Å². The molecule has 0 unspecified atom stereocenters. The number of carbonyl (C=O) groups excluding carboxylic acids is 1. The van der Waals surface area contributed by atoms with E-state index in [1.165, 1.54) is 5.56 Å². The van der Waals surface area contributed by atoms with Crippen LogP contribution in [-0.4, -0.2) is 56.8 Å². The lowest BCUT2D eigenvalue weighted by Gasteiger charge is -2.31. The first-order chi connectivity index (χ1) is 14.7. The van der Waals surface area contributed by atoms with Crippen molar-refractivity contribution in [3.8, 4) is 0 Å². The fraction of sp³-hybridized carbons (Fsp3) is 0.458. The molecule has 31 heavy (non-hydrogen) atoms. The van der Waals surface area contributed by atoms with Gasteiger partial charge in [0.2, 0.25) is 10.0 Å². The summed E-state index contributed by atoms with van der Waals surface area (Å²) in [6.45, 7) is 8.71. The Morgan fingerprint density at radius 1 is 1.03 bits per heavy atom. The van der Waals surface area contributed by atoms with Crippen LogP contribution in [-0.2, 0) is 15.8 Å². The maximum absolute atomic E-state index is 12.8. The van der Waals surface area contributed by atoms with E-state index in [0.29, 0.717) is 24.2 Å². The fourth-order valence-corrected chi connectivity index (χ4v) is 5.49. The number of hydrogen-bond acceptors (Lipinski definition) is 4. The van der Waals surface area contributed by atoms with Crippen molar-refractivity contribution in [3.05, 3.63) is 70.3 Å². The summed E-state index contributed by atoms with van der Waals surface area (Å²) < 4.78 is 27.0. The molecule has 1 aliphatic heterocycles. The Labute approximate surface area is 186 Å². The number of amides is 1. The summed E-state index contributed by atoms with van der Waals surface area (Å²) >= 11 is 0. The lowest BCUT2D eigenvalue weighted by atomic mass is 9.97. The highest BCUT2D eigenvalue weighted by Gasteiger charge is 2.26. The Morgan fingerprint density at radius 2 is 1.68 bits per heavy atom. The number of nitrogens with zero attached hydrogens (tertiary/aromatic N) is 2. The second kappa shape index (κ2) is 9.94. The second-order valence-corrected chi connectivity index (χ2v) is 10.4. The van der Waals surface area contributed by atoms with Crippen LogP contribution in [0.2, 0.25) is 0 Å². The number of carbonyl (C=O) groups is 1. The van der Waals surface area contributed by atoms with Crippen molar-refractivity contribution in [2.75, 3.05) is 33.2 Å². The van der Waals surface area contributed by atoms with Crippen LogP contribution < -0.4 is 5.32 Å². The molecule has 1 atom stereocenters. The van der Waals surface area contributed by atoms with E-state index in [-0.39, 0.29) is 17.7 Å². The largest absolute Gasteiger partial charge is 0.345 e. The highest BCUT2D eigenvalue weighted by Crippen LogP contribution is 2.22. The standard InChI is InChI=1S/C24H33N3O3S/c1-5-23(22-11-6-18(2)16-19(22)3)25-24(28)21-9-7-20(8-10-21)17-31(29,30)27-14-12-26(4)13-15-27/h6-11,16,23H,5,12-15,17H2,1-4H3,(H,25,28)/t23-/m0/s1. The van der Waals surface area contributed by atoms with Gasteiger partial charge in [-0.25, -0.2) is 8.42 Å². The van der Waals surface area contributed by atoms with Gasteiger partial charge in [-0.3, -0.25) is 4.79 Å². The first kappa shape index (κ1) is 23.4. The Balaban J connectivity index is 1.65. The predicted octanol–water partition coefficient (Wildman–Crippen LogP) is 3.26. The fourth-order valence-electron chi connectivity index (χ4n) is 3.98. The number of aryl methyl sites for hydroxylation is 2. The topological polar surface area (TPSA) is 69.7 Å². The predicted molar refractivity (Wildman–Crippen MR) is 125 cm³/mol. The third kappa shape index (κ3) is 5.93. The Kier molecular flexibility index (Phi) is 7.51. The Bertz CT molecular complexity index is 1010. The normalized spacial score (nSPS) is 16.8. The number of rotatable bonds is 7. The highest BCUT2D eigenvalue weighted by molar-refractivity contribution is 7.88. The molecule has 1 saturated heterocycles. The minimum atomic E-state index is -3.35. The SMILES string of the molecule is CC[C@H](NC(=O)c1ccc(CS(=O)(=O)N2CCN(C)CC2)cc1)c1ccc(C)cc1C. The van der Waals surface area contributed by atoms with Crippen LogP contribution >= 0.6 is 0 Å². The van der Waals surface area contributed by atoms with Gasteiger partial charge < -0.3 is 10.2 Å². The molecule has 0 aromatic heterocycles. The van der Waals surface area contributed by atoms with Gasteiger partial charge in [-0.15, -0.1) is 0 Å². The Morgan fingerprint density at radius 3 is 2.26 bits per heavy atom. The first-order valence-electron chi connectivity index (χ1n) is 10.8. The molecule has 7 heteroatoms. The molecular formula is C24H33N3O3S. The minimum absolute atomic E-state index is 0.0429. The van der Waals surface area contributed by atoms with Crippen molar-refractivity contribution in [1.82, 2.24) is 14.5 Å². The van der Waals surface area contributed by atoms with E-state index in [1.54, 1.807) is 28.6 Å². The van der Waals surface area contributed by atoms with E-state index in [0.717, 1.165) is 30.6 Å². The van der Waals surface area contributed by atoms with Gasteiger partial charge in [0.25, 0.3) is 5.91 Å². The zero-order valence-corrected chi connectivity index (χ0v) is 19.7. The molecule has 2 aromatic rings. The number of piperazine rings is 1. The average molecular weight is 444 g/mol. The number of benzene rings is 2. The molecule has 1 amide bonds. The number of nitrogens with one attached hydrogen (secondary N) is 1. The maximum atomic E-state index is 12.8. The van der Waals surface area contributed by atoms with Gasteiger partial charge in [0, 0.05) is 31.7 Å². The monoisotopic (exact) mass is 443 g/mol. The summed E-state index contributed by atoms with van der Waals surface area (Å²) in [4.78, 5) is 14.9. The highest BCUT2D eigenvalue weighted by atomic mass is 32.2. The van der Waals surface area contributed by atoms with Crippen molar-refractivity contribution in [2.24, 2.45) is 0 Å². The van der Waals surface area contributed by atoms with E-state index in [2.05, 4.69) is 49.2 Å². The van der Waals surface area contributed by atoms with Crippen LogP contribution in [0.5, 0.6) is 0 Å². The minimum Gasteiger partial charge on any atom is -0.345 e. The first-order valence-corrected chi connectivity index (χ1v) is 12.4. The average Bonchev–Trinajstić information content (AvgIpc) is 2.73. The molecule has 0 aliphatic carbocycles. The van der Waals surface area contributed by atoms with Crippen LogP contribution in [0.1, 0.15) is 52.0 Å². The summed E-state index contributed by atoms with van der Waals surface area (Å²) in [7, 11) is -1.36. The van der Waals surface area contributed by atoms with Crippen molar-refractivity contribution < 1.29 is 13.2 Å². The molecule has 2 aromatic carbocycles. The number of sulfonamides is 1. The van der Waals surface area contributed by atoms with Gasteiger partial charge in [-0.2, -0.15) is 4.31 Å². The third-order valence-corrected chi connectivity index (χ3v) is 7.79. The zero-order valence-electron chi connectivity index (χ0n) is 18.9. The van der Waals surface area contributed by atoms with E-state index < -0.39 is 10.0 Å². The van der Waals surface area contributed by atoms with Crippen LogP contribution in [0.4, 0.5) is 0 Å². The molecule has 168 valence electrons. The summed E-state index contributed by atoms with van der Waals surface area (Å²) in [6.07, 6.45) is 0.789. The van der Waals surface area contributed by atoms with E-state index >= 15 is 0 Å². The van der Waals surface area contributed by atoms with Crippen molar-refractivity contribution in [3.63, 3.8) is 0 Å². The summed E-state index contributed by atoms with van der Waals surface area (Å²) in [5.74, 6) is -0.195. The molecule has 0 radical (unpaired) electrons. The van der Waals surface area contributed by atoms with Crippen molar-refractivity contribution in [1.29, 1.82) is 0 Å². The van der Waals surface area contributed by atoms with Gasteiger partial charge in [-0.1, -0.05) is 42.8 Å². The lowest BCUT2D eigenvalue weighted by Crippen LogP contribution is -2.47. The van der Waals surface area contributed by atoms with Crippen molar-refractivity contribution >= 4 is 15.9 Å². The smallest absolute Gasteiger partial charge is 0.251 e. The molecule has 0 bridgehead atoms. The molecule has 0 saturated carbocycles. The lowest BCUT2D eigenvalue weighted by molar-refractivity contribution is 0.0935. The van der Waals surface area contributed by atoms with Gasteiger partial charge in [-0.05, 0) is 56.1 Å². The summed E-state index contributed by atoms with van der Waals surface area (Å²) in [5.41, 5.74) is 4.71. The Hall–Kier alpha value is -2.22.